The highest BCUT2D eigenvalue weighted by atomic mass is 35.5. The Morgan fingerprint density at radius 3 is 2.56 bits per heavy atom. The molecule has 0 N–H and O–H groups in total. The molecule has 4 nitrogen and oxygen atoms in total. The van der Waals surface area contributed by atoms with Gasteiger partial charge in [0, 0.05) is 36.6 Å². The first-order valence-corrected chi connectivity index (χ1v) is 9.26. The second kappa shape index (κ2) is 7.16. The number of rotatable bonds is 2. The lowest BCUT2D eigenvalue weighted by Crippen LogP contribution is -2.49. The summed E-state index contributed by atoms with van der Waals surface area (Å²) in [5, 5.41) is 1.46. The molecule has 3 aromatic rings. The predicted octanol–water partition coefficient (Wildman–Crippen LogP) is 4.30. The number of hydrogen-bond donors (Lipinski definition) is 0. The van der Waals surface area contributed by atoms with Crippen molar-refractivity contribution < 1.29 is 9.18 Å². The van der Waals surface area contributed by atoms with Crippen molar-refractivity contribution in [1.82, 2.24) is 9.88 Å². The zero-order valence-electron chi connectivity index (χ0n) is 15.0. The number of hydrogen-bond acceptors (Lipinski definition) is 3. The molecule has 4 rings (SSSR count). The first kappa shape index (κ1) is 17.7. The molecule has 0 unspecified atom stereocenters. The second-order valence-corrected chi connectivity index (χ2v) is 7.13. The van der Waals surface area contributed by atoms with E-state index in [1.54, 1.807) is 23.1 Å². The zero-order valence-corrected chi connectivity index (χ0v) is 15.7. The van der Waals surface area contributed by atoms with Crippen molar-refractivity contribution in [2.75, 3.05) is 31.1 Å². The molecule has 0 radical (unpaired) electrons. The molecule has 1 aliphatic rings. The topological polar surface area (TPSA) is 36.4 Å². The van der Waals surface area contributed by atoms with Crippen LogP contribution in [-0.2, 0) is 0 Å². The first-order valence-electron chi connectivity index (χ1n) is 8.88. The van der Waals surface area contributed by atoms with E-state index in [2.05, 4.69) is 4.98 Å². The fourth-order valence-corrected chi connectivity index (χ4v) is 3.67. The maximum Gasteiger partial charge on any atom is 0.255 e. The van der Waals surface area contributed by atoms with Crippen molar-refractivity contribution in [1.29, 1.82) is 0 Å². The van der Waals surface area contributed by atoms with Crippen LogP contribution in [0.15, 0.2) is 48.5 Å². The summed E-state index contributed by atoms with van der Waals surface area (Å²) in [7, 11) is 0. The van der Waals surface area contributed by atoms with Crippen LogP contribution in [0.1, 0.15) is 16.1 Å². The number of benzene rings is 2. The third-order valence-electron chi connectivity index (χ3n) is 4.96. The molecule has 0 bridgehead atoms. The third-order valence-corrected chi connectivity index (χ3v) is 5.19. The molecule has 1 aliphatic heterocycles. The number of para-hydroxylation sites is 1. The van der Waals surface area contributed by atoms with Gasteiger partial charge in [0.25, 0.3) is 5.91 Å². The summed E-state index contributed by atoms with van der Waals surface area (Å²) < 4.78 is 14.0. The average Bonchev–Trinajstić information content (AvgIpc) is 2.68. The Kier molecular flexibility index (Phi) is 4.70. The van der Waals surface area contributed by atoms with Crippen LogP contribution in [0.25, 0.3) is 10.9 Å². The molecule has 1 saturated heterocycles. The Morgan fingerprint density at radius 1 is 1.07 bits per heavy atom. The molecule has 0 aliphatic carbocycles. The van der Waals surface area contributed by atoms with E-state index in [1.807, 2.05) is 36.1 Å². The summed E-state index contributed by atoms with van der Waals surface area (Å²) in [5.41, 5.74) is 2.69. The second-order valence-electron chi connectivity index (χ2n) is 6.69. The molecular weight excluding hydrogens is 365 g/mol. The standard InChI is InChI=1S/C21H19ClFN3O/c1-14-17(13-15-12-16(22)6-7-19(15)24-14)21(27)26-10-8-25(9-11-26)20-5-3-2-4-18(20)23/h2-7,12-13H,8-11H2,1H3. The van der Waals surface area contributed by atoms with Crippen LogP contribution in [0.4, 0.5) is 10.1 Å². The van der Waals surface area contributed by atoms with Gasteiger partial charge in [-0.2, -0.15) is 0 Å². The minimum Gasteiger partial charge on any atom is -0.366 e. The molecule has 1 amide bonds. The Bertz CT molecular complexity index is 1020. The summed E-state index contributed by atoms with van der Waals surface area (Å²) in [6.45, 7) is 4.12. The van der Waals surface area contributed by atoms with Crippen molar-refractivity contribution in [2.24, 2.45) is 0 Å². The zero-order chi connectivity index (χ0) is 19.0. The number of aromatic nitrogens is 1. The largest absolute Gasteiger partial charge is 0.366 e. The lowest BCUT2D eigenvalue weighted by Gasteiger charge is -2.36. The van der Waals surface area contributed by atoms with Gasteiger partial charge in [0.05, 0.1) is 22.5 Å². The highest BCUT2D eigenvalue weighted by Crippen LogP contribution is 2.24. The number of carbonyl (C=O) groups excluding carboxylic acids is 1. The summed E-state index contributed by atoms with van der Waals surface area (Å²) >= 11 is 6.07. The van der Waals surface area contributed by atoms with Gasteiger partial charge in [0.1, 0.15) is 5.82 Å². The number of halogens is 2. The number of fused-ring (bicyclic) bond motifs is 1. The molecule has 0 saturated carbocycles. The molecule has 2 aromatic carbocycles. The van der Waals surface area contributed by atoms with Gasteiger partial charge in [-0.3, -0.25) is 9.78 Å². The number of aryl methyl sites for hydroxylation is 1. The average molecular weight is 384 g/mol. The van der Waals surface area contributed by atoms with Crippen molar-refractivity contribution >= 4 is 34.1 Å². The van der Waals surface area contributed by atoms with E-state index < -0.39 is 0 Å². The van der Waals surface area contributed by atoms with Gasteiger partial charge in [-0.05, 0) is 43.3 Å². The number of nitrogens with zero attached hydrogens (tertiary/aromatic N) is 3. The molecule has 138 valence electrons. The Labute approximate surface area is 162 Å². The molecule has 6 heteroatoms. The van der Waals surface area contributed by atoms with E-state index in [0.717, 1.165) is 10.9 Å². The maximum atomic E-state index is 14.0. The monoisotopic (exact) mass is 383 g/mol. The van der Waals surface area contributed by atoms with Crippen molar-refractivity contribution in [3.05, 3.63) is 70.6 Å². The first-order chi connectivity index (χ1) is 13.0. The van der Waals surface area contributed by atoms with Crippen LogP contribution in [-0.4, -0.2) is 42.0 Å². The fourth-order valence-electron chi connectivity index (χ4n) is 3.49. The van der Waals surface area contributed by atoms with E-state index >= 15 is 0 Å². The van der Waals surface area contributed by atoms with Crippen LogP contribution in [0.5, 0.6) is 0 Å². The van der Waals surface area contributed by atoms with E-state index in [9.17, 15) is 9.18 Å². The molecular formula is C21H19ClFN3O. The number of pyridine rings is 1. The minimum atomic E-state index is -0.233. The van der Waals surface area contributed by atoms with Gasteiger partial charge < -0.3 is 9.80 Å². The van der Waals surface area contributed by atoms with Crippen LogP contribution in [0.3, 0.4) is 0 Å². The minimum absolute atomic E-state index is 0.0462. The highest BCUT2D eigenvalue weighted by molar-refractivity contribution is 6.31. The summed E-state index contributed by atoms with van der Waals surface area (Å²) in [6.07, 6.45) is 0. The van der Waals surface area contributed by atoms with Crippen LogP contribution >= 0.6 is 11.6 Å². The smallest absolute Gasteiger partial charge is 0.255 e. The predicted molar refractivity (Wildman–Crippen MR) is 106 cm³/mol. The summed E-state index contributed by atoms with van der Waals surface area (Å²) in [5.74, 6) is -0.279. The molecule has 0 atom stereocenters. The number of amides is 1. The number of piperazine rings is 1. The molecule has 0 spiro atoms. The van der Waals surface area contributed by atoms with E-state index in [-0.39, 0.29) is 11.7 Å². The molecule has 2 heterocycles. The van der Waals surface area contributed by atoms with Crippen molar-refractivity contribution in [3.8, 4) is 0 Å². The van der Waals surface area contributed by atoms with Crippen LogP contribution in [0, 0.1) is 12.7 Å². The van der Waals surface area contributed by atoms with E-state index in [0.29, 0.717) is 48.1 Å². The van der Waals surface area contributed by atoms with Crippen molar-refractivity contribution in [2.45, 2.75) is 6.92 Å². The molecule has 27 heavy (non-hydrogen) atoms. The summed E-state index contributed by atoms with van der Waals surface area (Å²) in [4.78, 5) is 21.3. The van der Waals surface area contributed by atoms with Crippen LogP contribution in [0.2, 0.25) is 5.02 Å². The normalized spacial score (nSPS) is 14.6. The van der Waals surface area contributed by atoms with Crippen LogP contribution < -0.4 is 4.90 Å². The van der Waals surface area contributed by atoms with Gasteiger partial charge in [-0.1, -0.05) is 23.7 Å². The maximum absolute atomic E-state index is 14.0. The van der Waals surface area contributed by atoms with Gasteiger partial charge >= 0.3 is 0 Å². The summed E-state index contributed by atoms with van der Waals surface area (Å²) in [6, 6.07) is 14.1. The Hall–Kier alpha value is -2.66. The molecule has 1 fully saturated rings. The van der Waals surface area contributed by atoms with Gasteiger partial charge in [-0.15, -0.1) is 0 Å². The highest BCUT2D eigenvalue weighted by Gasteiger charge is 2.25. The third kappa shape index (κ3) is 3.47. The Balaban J connectivity index is 1.53. The van der Waals surface area contributed by atoms with Gasteiger partial charge in [0.2, 0.25) is 0 Å². The van der Waals surface area contributed by atoms with E-state index in [1.165, 1.54) is 6.07 Å². The Morgan fingerprint density at radius 2 is 1.81 bits per heavy atom. The van der Waals surface area contributed by atoms with Gasteiger partial charge in [0.15, 0.2) is 0 Å². The number of anilines is 1. The number of carbonyl (C=O) groups is 1. The SMILES string of the molecule is Cc1nc2ccc(Cl)cc2cc1C(=O)N1CCN(c2ccccc2F)CC1. The lowest BCUT2D eigenvalue weighted by molar-refractivity contribution is 0.0745. The van der Waals surface area contributed by atoms with E-state index in [4.69, 9.17) is 11.6 Å². The fraction of sp³-hybridized carbons (Fsp3) is 0.238. The van der Waals surface area contributed by atoms with Gasteiger partial charge in [-0.25, -0.2) is 4.39 Å². The quantitative estimate of drug-likeness (QED) is 0.662. The lowest BCUT2D eigenvalue weighted by atomic mass is 10.1. The molecule has 1 aromatic heterocycles. The van der Waals surface area contributed by atoms with Crippen molar-refractivity contribution in [3.63, 3.8) is 0 Å².